The van der Waals surface area contributed by atoms with Crippen LogP contribution in [0, 0.1) is 5.92 Å². The molecule has 1 aromatic carbocycles. The second-order valence-electron chi connectivity index (χ2n) is 5.94. The number of hydrogen-bond acceptors (Lipinski definition) is 4. The van der Waals surface area contributed by atoms with E-state index in [4.69, 9.17) is 16.7 Å². The SMILES string of the molecule is O=C(CCN1CCCC(C(=O)O)C1)c1cc2cn[nH]c2cc1Cl. The zero-order chi connectivity index (χ0) is 16.4. The molecule has 7 heteroatoms. The van der Waals surface area contributed by atoms with Crippen molar-refractivity contribution in [3.8, 4) is 0 Å². The van der Waals surface area contributed by atoms with Crippen LogP contribution in [0.2, 0.25) is 5.02 Å². The summed E-state index contributed by atoms with van der Waals surface area (Å²) in [5, 5.41) is 17.1. The van der Waals surface area contributed by atoms with Gasteiger partial charge in [0.1, 0.15) is 0 Å². The first-order valence-electron chi connectivity index (χ1n) is 7.65. The Morgan fingerprint density at radius 3 is 3.04 bits per heavy atom. The van der Waals surface area contributed by atoms with Gasteiger partial charge in [0.15, 0.2) is 5.78 Å². The maximum atomic E-state index is 12.4. The van der Waals surface area contributed by atoms with Gasteiger partial charge in [-0.3, -0.25) is 14.7 Å². The Kier molecular flexibility index (Phi) is 4.63. The van der Waals surface area contributed by atoms with Gasteiger partial charge in [0.2, 0.25) is 0 Å². The minimum Gasteiger partial charge on any atom is -0.481 e. The number of aromatic amines is 1. The first kappa shape index (κ1) is 16.0. The lowest BCUT2D eigenvalue weighted by atomic mass is 9.97. The number of ketones is 1. The largest absolute Gasteiger partial charge is 0.481 e. The Balaban J connectivity index is 1.64. The second-order valence-corrected chi connectivity index (χ2v) is 6.35. The van der Waals surface area contributed by atoms with Gasteiger partial charge in [0.25, 0.3) is 0 Å². The van der Waals surface area contributed by atoms with Crippen molar-refractivity contribution >= 4 is 34.3 Å². The van der Waals surface area contributed by atoms with Crippen LogP contribution in [0.15, 0.2) is 18.3 Å². The highest BCUT2D eigenvalue weighted by Gasteiger charge is 2.25. The van der Waals surface area contributed by atoms with E-state index in [1.165, 1.54) is 0 Å². The number of aromatic nitrogens is 2. The van der Waals surface area contributed by atoms with Crippen LogP contribution in [0.3, 0.4) is 0 Å². The van der Waals surface area contributed by atoms with Crippen LogP contribution in [0.5, 0.6) is 0 Å². The molecule has 0 radical (unpaired) electrons. The molecular weight excluding hydrogens is 318 g/mol. The number of halogens is 1. The van der Waals surface area contributed by atoms with Gasteiger partial charge in [0.05, 0.1) is 22.7 Å². The molecular formula is C16H18ClN3O3. The Morgan fingerprint density at radius 2 is 2.26 bits per heavy atom. The number of carboxylic acids is 1. The summed E-state index contributed by atoms with van der Waals surface area (Å²) < 4.78 is 0. The molecule has 1 aliphatic heterocycles. The zero-order valence-corrected chi connectivity index (χ0v) is 13.3. The van der Waals surface area contributed by atoms with Gasteiger partial charge in [-0.25, -0.2) is 0 Å². The average Bonchev–Trinajstić information content (AvgIpc) is 2.99. The number of Topliss-reactive ketones (excluding diaryl/α,β-unsaturated/α-hetero) is 1. The third-order valence-electron chi connectivity index (χ3n) is 4.34. The summed E-state index contributed by atoms with van der Waals surface area (Å²) in [6.07, 6.45) is 3.55. The van der Waals surface area contributed by atoms with Crippen LogP contribution in [-0.4, -0.2) is 51.6 Å². The van der Waals surface area contributed by atoms with Crippen molar-refractivity contribution < 1.29 is 14.7 Å². The van der Waals surface area contributed by atoms with Crippen LogP contribution in [0.1, 0.15) is 29.6 Å². The summed E-state index contributed by atoms with van der Waals surface area (Å²) in [6, 6.07) is 3.46. The Bertz CT molecular complexity index is 743. The minimum absolute atomic E-state index is 0.0319. The number of rotatable bonds is 5. The summed E-state index contributed by atoms with van der Waals surface area (Å²) in [7, 11) is 0. The van der Waals surface area contributed by atoms with Crippen molar-refractivity contribution in [1.82, 2.24) is 15.1 Å². The highest BCUT2D eigenvalue weighted by Crippen LogP contribution is 2.24. The molecule has 0 saturated carbocycles. The predicted molar refractivity (Wildman–Crippen MR) is 86.9 cm³/mol. The molecule has 23 heavy (non-hydrogen) atoms. The Hall–Kier alpha value is -1.92. The number of fused-ring (bicyclic) bond motifs is 1. The minimum atomic E-state index is -0.755. The lowest BCUT2D eigenvalue weighted by Crippen LogP contribution is -2.39. The number of carbonyl (C=O) groups is 2. The number of aliphatic carboxylic acids is 1. The van der Waals surface area contributed by atoms with Crippen molar-refractivity contribution in [2.75, 3.05) is 19.6 Å². The fourth-order valence-corrected chi connectivity index (χ4v) is 3.30. The highest BCUT2D eigenvalue weighted by atomic mass is 35.5. The maximum absolute atomic E-state index is 12.4. The molecule has 0 bridgehead atoms. The van der Waals surface area contributed by atoms with Crippen LogP contribution in [0.25, 0.3) is 10.9 Å². The molecule has 0 aliphatic carbocycles. The number of H-pyrrole nitrogens is 1. The van der Waals surface area contributed by atoms with E-state index in [9.17, 15) is 9.59 Å². The van der Waals surface area contributed by atoms with E-state index in [1.54, 1.807) is 18.3 Å². The third-order valence-corrected chi connectivity index (χ3v) is 4.65. The molecule has 1 fully saturated rings. The number of nitrogens with zero attached hydrogens (tertiary/aromatic N) is 2. The summed E-state index contributed by atoms with van der Waals surface area (Å²) >= 11 is 6.18. The molecule has 2 aromatic rings. The quantitative estimate of drug-likeness (QED) is 0.820. The molecule has 122 valence electrons. The number of piperidine rings is 1. The first-order chi connectivity index (χ1) is 11.0. The van der Waals surface area contributed by atoms with Crippen LogP contribution < -0.4 is 0 Å². The summed E-state index contributed by atoms with van der Waals surface area (Å²) in [4.78, 5) is 25.6. The number of benzene rings is 1. The molecule has 1 saturated heterocycles. The van der Waals surface area contributed by atoms with Crippen LogP contribution >= 0.6 is 11.6 Å². The van der Waals surface area contributed by atoms with Crippen molar-refractivity contribution in [2.24, 2.45) is 5.92 Å². The van der Waals surface area contributed by atoms with Crippen molar-refractivity contribution in [1.29, 1.82) is 0 Å². The molecule has 0 spiro atoms. The fraction of sp³-hybridized carbons (Fsp3) is 0.438. The normalized spacial score (nSPS) is 19.1. The average molecular weight is 336 g/mol. The topological polar surface area (TPSA) is 86.3 Å². The van der Waals surface area contributed by atoms with E-state index >= 15 is 0 Å². The van der Waals surface area contributed by atoms with E-state index in [0.717, 1.165) is 23.9 Å². The van der Waals surface area contributed by atoms with Crippen LogP contribution in [0.4, 0.5) is 0 Å². The first-order valence-corrected chi connectivity index (χ1v) is 8.03. The van der Waals surface area contributed by atoms with Gasteiger partial charge in [-0.15, -0.1) is 0 Å². The van der Waals surface area contributed by atoms with Crippen molar-refractivity contribution in [2.45, 2.75) is 19.3 Å². The van der Waals surface area contributed by atoms with Gasteiger partial charge in [-0.2, -0.15) is 5.10 Å². The molecule has 1 aromatic heterocycles. The van der Waals surface area contributed by atoms with Gasteiger partial charge < -0.3 is 10.0 Å². The maximum Gasteiger partial charge on any atom is 0.307 e. The van der Waals surface area contributed by atoms with Gasteiger partial charge >= 0.3 is 5.97 Å². The zero-order valence-electron chi connectivity index (χ0n) is 12.6. The monoisotopic (exact) mass is 335 g/mol. The number of nitrogens with one attached hydrogen (secondary N) is 1. The molecule has 0 amide bonds. The summed E-state index contributed by atoms with van der Waals surface area (Å²) in [5.74, 6) is -1.12. The molecule has 1 unspecified atom stereocenters. The molecule has 1 atom stereocenters. The molecule has 3 rings (SSSR count). The van der Waals surface area contributed by atoms with E-state index < -0.39 is 5.97 Å². The van der Waals surface area contributed by atoms with Gasteiger partial charge in [-0.1, -0.05) is 11.6 Å². The lowest BCUT2D eigenvalue weighted by Gasteiger charge is -2.30. The highest BCUT2D eigenvalue weighted by molar-refractivity contribution is 6.34. The van der Waals surface area contributed by atoms with Gasteiger partial charge in [-0.05, 0) is 31.5 Å². The van der Waals surface area contributed by atoms with Crippen molar-refractivity contribution in [3.05, 3.63) is 28.9 Å². The molecule has 1 aliphatic rings. The molecule has 2 N–H and O–H groups in total. The predicted octanol–water partition coefficient (Wildman–Crippen LogP) is 2.59. The van der Waals surface area contributed by atoms with Crippen LogP contribution in [-0.2, 0) is 4.79 Å². The second kappa shape index (κ2) is 6.68. The third kappa shape index (κ3) is 3.54. The van der Waals surface area contributed by atoms with Gasteiger partial charge in [0, 0.05) is 30.5 Å². The summed E-state index contributed by atoms with van der Waals surface area (Å²) in [5.41, 5.74) is 1.29. The van der Waals surface area contributed by atoms with E-state index in [0.29, 0.717) is 36.5 Å². The number of carbonyl (C=O) groups excluding carboxylic acids is 1. The van der Waals surface area contributed by atoms with E-state index in [-0.39, 0.29) is 11.7 Å². The number of carboxylic acid groups (broad SMARTS) is 1. The number of likely N-dealkylation sites (tertiary alicyclic amines) is 1. The Labute approximate surface area is 138 Å². The molecule has 6 nitrogen and oxygen atoms in total. The smallest absolute Gasteiger partial charge is 0.307 e. The van der Waals surface area contributed by atoms with E-state index in [2.05, 4.69) is 10.2 Å². The Morgan fingerprint density at radius 1 is 1.43 bits per heavy atom. The molecule has 2 heterocycles. The number of hydrogen-bond donors (Lipinski definition) is 2. The standard InChI is InChI=1S/C16H18ClN3O3/c17-13-7-14-11(8-18-19-14)6-12(13)15(21)3-5-20-4-1-2-10(9-20)16(22)23/h6-8,10H,1-5,9H2,(H,18,19)(H,22,23). The van der Waals surface area contributed by atoms with Crippen molar-refractivity contribution in [3.63, 3.8) is 0 Å². The van der Waals surface area contributed by atoms with E-state index in [1.807, 2.05) is 4.90 Å². The lowest BCUT2D eigenvalue weighted by molar-refractivity contribution is -0.143. The summed E-state index contributed by atoms with van der Waals surface area (Å²) in [6.45, 7) is 1.91. The fourth-order valence-electron chi connectivity index (χ4n) is 3.03.